The van der Waals surface area contributed by atoms with Crippen LogP contribution in [-0.2, 0) is 10.3 Å². The minimum atomic E-state index is -1.36. The van der Waals surface area contributed by atoms with Crippen molar-refractivity contribution in [3.05, 3.63) is 62.1 Å². The summed E-state index contributed by atoms with van der Waals surface area (Å²) in [5.41, 5.74) is 0.674. The van der Waals surface area contributed by atoms with Crippen molar-refractivity contribution in [3.8, 4) is 23.8 Å². The smallest absolute Gasteiger partial charge is 0.256 e. The number of amides is 1. The van der Waals surface area contributed by atoms with Crippen LogP contribution < -0.4 is 14.8 Å². The largest absolute Gasteiger partial charge is 0.493 e. The summed E-state index contributed by atoms with van der Waals surface area (Å²) in [6.45, 7) is 0.681. The van der Waals surface area contributed by atoms with E-state index in [1.807, 2.05) is 24.3 Å². The Morgan fingerprint density at radius 1 is 1.39 bits per heavy atom. The van der Waals surface area contributed by atoms with Crippen molar-refractivity contribution in [1.29, 1.82) is 0 Å². The van der Waals surface area contributed by atoms with Crippen LogP contribution in [-0.4, -0.2) is 48.1 Å². The van der Waals surface area contributed by atoms with Crippen LogP contribution in [0.3, 0.4) is 0 Å². The molecular weight excluding hydrogens is 490 g/mol. The third-order valence-corrected chi connectivity index (χ3v) is 7.62. The molecule has 0 saturated carbocycles. The van der Waals surface area contributed by atoms with Crippen LogP contribution in [0.2, 0.25) is 0 Å². The van der Waals surface area contributed by atoms with Gasteiger partial charge in [0.15, 0.2) is 17.0 Å². The fourth-order valence-corrected chi connectivity index (χ4v) is 6.54. The Labute approximate surface area is 199 Å². The summed E-state index contributed by atoms with van der Waals surface area (Å²) in [6.07, 6.45) is 6.96. The molecule has 4 atom stereocenters. The summed E-state index contributed by atoms with van der Waals surface area (Å²) in [7, 11) is 1.51. The van der Waals surface area contributed by atoms with Gasteiger partial charge in [-0.25, -0.2) is 0 Å². The molecule has 0 unspecified atom stereocenters. The predicted molar refractivity (Wildman–Crippen MR) is 125 cm³/mol. The first-order chi connectivity index (χ1) is 15.9. The molecule has 0 aliphatic carbocycles. The van der Waals surface area contributed by atoms with Gasteiger partial charge in [0, 0.05) is 28.8 Å². The number of terminal acetylenes is 1. The van der Waals surface area contributed by atoms with E-state index < -0.39 is 17.5 Å². The number of nitrogens with zero attached hydrogens (tertiary/aromatic N) is 2. The highest BCUT2D eigenvalue weighted by Crippen LogP contribution is 2.58. The Morgan fingerprint density at radius 3 is 2.91 bits per heavy atom. The molecule has 3 heterocycles. The number of hydrogen-bond donors (Lipinski definition) is 1. The highest BCUT2D eigenvalue weighted by Gasteiger charge is 2.73. The highest BCUT2D eigenvalue weighted by atomic mass is 79.9. The summed E-state index contributed by atoms with van der Waals surface area (Å²) in [5.74, 6) is 2.44. The average molecular weight is 512 g/mol. The number of carbonyl (C=O) groups excluding carboxylic acids is 1. The zero-order valence-corrected chi connectivity index (χ0v) is 19.5. The van der Waals surface area contributed by atoms with E-state index >= 15 is 0 Å². The van der Waals surface area contributed by atoms with Crippen molar-refractivity contribution in [1.82, 2.24) is 4.90 Å². The number of para-hydroxylation sites is 1. The Kier molecular flexibility index (Phi) is 5.30. The quantitative estimate of drug-likeness (QED) is 0.375. The molecule has 0 aromatic heterocycles. The molecule has 2 saturated heterocycles. The molecule has 0 radical (unpaired) electrons. The van der Waals surface area contributed by atoms with Gasteiger partial charge >= 0.3 is 0 Å². The molecule has 3 aliphatic heterocycles. The molecular formula is C24H22BrN3O5. The molecule has 1 amide bonds. The van der Waals surface area contributed by atoms with Crippen LogP contribution in [0.1, 0.15) is 29.9 Å². The molecule has 5 rings (SSSR count). The number of hydrogen-bond acceptors (Lipinski definition) is 6. The monoisotopic (exact) mass is 511 g/mol. The lowest BCUT2D eigenvalue weighted by Gasteiger charge is -2.32. The van der Waals surface area contributed by atoms with E-state index in [1.165, 1.54) is 7.11 Å². The first-order valence-corrected chi connectivity index (χ1v) is 11.5. The van der Waals surface area contributed by atoms with Gasteiger partial charge < -0.3 is 14.8 Å². The van der Waals surface area contributed by atoms with Gasteiger partial charge in [-0.3, -0.25) is 19.8 Å². The van der Waals surface area contributed by atoms with E-state index in [2.05, 4.69) is 32.1 Å². The minimum Gasteiger partial charge on any atom is -0.493 e. The zero-order chi connectivity index (χ0) is 23.3. The molecule has 0 bridgehead atoms. The van der Waals surface area contributed by atoms with Crippen LogP contribution in [0, 0.1) is 22.5 Å². The Balaban J connectivity index is 1.70. The molecule has 2 aromatic rings. The SMILES string of the molecule is C#CCOc1c(Br)cc([C@H]2[C@H]([N+](=O)[O-])[C@]3(C(=O)Nc4ccccc43)N3CCC[C@@H]23)cc1OC. The standard InChI is InChI=1S/C24H22BrN3O5/c1-3-11-33-21-16(25)12-14(13-19(21)32-2)20-18-9-6-10-27(18)24(22(20)28(30)31)15-7-4-5-8-17(15)26-23(24)29/h1,4-5,7-8,12-13,18,20,22H,6,9-11H2,2H3,(H,26,29)/t18-,20+,22-,24+/m0/s1. The number of nitro groups is 1. The molecule has 8 nitrogen and oxygen atoms in total. The maximum Gasteiger partial charge on any atom is 0.256 e. The van der Waals surface area contributed by atoms with Crippen LogP contribution in [0.4, 0.5) is 5.69 Å². The van der Waals surface area contributed by atoms with Crippen molar-refractivity contribution < 1.29 is 19.2 Å². The fourth-order valence-electron chi connectivity index (χ4n) is 5.96. The lowest BCUT2D eigenvalue weighted by molar-refractivity contribution is -0.534. The second kappa shape index (κ2) is 8.04. The minimum absolute atomic E-state index is 0.0612. The predicted octanol–water partition coefficient (Wildman–Crippen LogP) is 3.52. The van der Waals surface area contributed by atoms with Gasteiger partial charge in [0.05, 0.1) is 17.5 Å². The Morgan fingerprint density at radius 2 is 2.18 bits per heavy atom. The lowest BCUT2D eigenvalue weighted by atomic mass is 9.77. The van der Waals surface area contributed by atoms with Gasteiger partial charge in [-0.1, -0.05) is 24.1 Å². The van der Waals surface area contributed by atoms with Crippen LogP contribution in [0.5, 0.6) is 11.5 Å². The fraction of sp³-hybridized carbons (Fsp3) is 0.375. The van der Waals surface area contributed by atoms with Crippen LogP contribution in [0.25, 0.3) is 0 Å². The average Bonchev–Trinajstić information content (AvgIpc) is 3.45. The van der Waals surface area contributed by atoms with Gasteiger partial charge in [0.2, 0.25) is 0 Å². The van der Waals surface area contributed by atoms with E-state index in [4.69, 9.17) is 15.9 Å². The Hall–Kier alpha value is -3.09. The van der Waals surface area contributed by atoms with E-state index in [-0.39, 0.29) is 23.5 Å². The van der Waals surface area contributed by atoms with E-state index in [0.717, 1.165) is 18.4 Å². The number of fused-ring (bicyclic) bond motifs is 4. The first kappa shape index (κ1) is 21.7. The number of rotatable bonds is 5. The summed E-state index contributed by atoms with van der Waals surface area (Å²) in [5, 5.41) is 15.6. The summed E-state index contributed by atoms with van der Waals surface area (Å²) in [6, 6.07) is 9.54. The van der Waals surface area contributed by atoms with Crippen molar-refractivity contribution in [2.45, 2.75) is 36.4 Å². The van der Waals surface area contributed by atoms with Crippen molar-refractivity contribution in [2.75, 3.05) is 25.6 Å². The number of nitrogens with one attached hydrogen (secondary N) is 1. The lowest BCUT2D eigenvalue weighted by Crippen LogP contribution is -2.55. The number of anilines is 1. The van der Waals surface area contributed by atoms with Crippen molar-refractivity contribution in [3.63, 3.8) is 0 Å². The molecule has 3 aliphatic rings. The first-order valence-electron chi connectivity index (χ1n) is 10.7. The van der Waals surface area contributed by atoms with Crippen molar-refractivity contribution in [2.24, 2.45) is 0 Å². The number of methoxy groups -OCH3 is 1. The molecule has 170 valence electrons. The van der Waals surface area contributed by atoms with Gasteiger partial charge in [-0.05, 0) is 52.5 Å². The second-order valence-electron chi connectivity index (χ2n) is 8.45. The van der Waals surface area contributed by atoms with Gasteiger partial charge in [0.25, 0.3) is 11.9 Å². The van der Waals surface area contributed by atoms with Crippen molar-refractivity contribution >= 4 is 27.5 Å². The van der Waals surface area contributed by atoms with Gasteiger partial charge in [-0.2, -0.15) is 0 Å². The molecule has 33 heavy (non-hydrogen) atoms. The van der Waals surface area contributed by atoms with Gasteiger partial charge in [-0.15, -0.1) is 6.42 Å². The number of benzene rings is 2. The number of halogens is 1. The second-order valence-corrected chi connectivity index (χ2v) is 9.31. The maximum absolute atomic E-state index is 13.5. The van der Waals surface area contributed by atoms with Crippen LogP contribution >= 0.6 is 15.9 Å². The third kappa shape index (κ3) is 2.97. The molecule has 1 N–H and O–H groups in total. The van der Waals surface area contributed by atoms with E-state index in [0.29, 0.717) is 33.8 Å². The van der Waals surface area contributed by atoms with E-state index in [9.17, 15) is 14.9 Å². The molecule has 2 aromatic carbocycles. The summed E-state index contributed by atoms with van der Waals surface area (Å²) in [4.78, 5) is 28.0. The maximum atomic E-state index is 13.5. The molecule has 1 spiro atoms. The Bertz CT molecular complexity index is 1200. The van der Waals surface area contributed by atoms with Gasteiger partial charge in [0.1, 0.15) is 6.61 Å². The van der Waals surface area contributed by atoms with E-state index in [1.54, 1.807) is 12.1 Å². The summed E-state index contributed by atoms with van der Waals surface area (Å²) >= 11 is 3.52. The highest BCUT2D eigenvalue weighted by molar-refractivity contribution is 9.10. The molecule has 2 fully saturated rings. The van der Waals surface area contributed by atoms with Crippen LogP contribution in [0.15, 0.2) is 40.9 Å². The normalized spacial score (nSPS) is 27.7. The zero-order valence-electron chi connectivity index (χ0n) is 17.9. The topological polar surface area (TPSA) is 93.9 Å². The number of carbonyl (C=O) groups is 1. The molecule has 9 heteroatoms. The number of ether oxygens (including phenoxy) is 2. The third-order valence-electron chi connectivity index (χ3n) is 7.03. The summed E-state index contributed by atoms with van der Waals surface area (Å²) < 4.78 is 11.8.